The molecule has 2 aromatic rings. The summed E-state index contributed by atoms with van der Waals surface area (Å²) >= 11 is 0. The highest BCUT2D eigenvalue weighted by Crippen LogP contribution is 2.28. The van der Waals surface area contributed by atoms with E-state index >= 15 is 0 Å². The van der Waals surface area contributed by atoms with E-state index in [1.807, 2.05) is 18.2 Å². The molecule has 3 N–H and O–H groups in total. The minimum Gasteiger partial charge on any atom is -0.397 e. The Morgan fingerprint density at radius 3 is 2.59 bits per heavy atom. The van der Waals surface area contributed by atoms with Gasteiger partial charge in [0.25, 0.3) is 5.91 Å². The van der Waals surface area contributed by atoms with Crippen LogP contribution in [0.1, 0.15) is 29.8 Å². The lowest BCUT2D eigenvalue weighted by atomic mass is 10.1. The summed E-state index contributed by atoms with van der Waals surface area (Å²) in [6, 6.07) is 11.2. The number of nitrogens with two attached hydrogens (primary N) is 1. The Morgan fingerprint density at radius 1 is 1.09 bits per heavy atom. The molecule has 1 aliphatic rings. The number of benzene rings is 1. The van der Waals surface area contributed by atoms with Crippen LogP contribution in [0.4, 0.5) is 17.1 Å². The number of para-hydroxylation sites is 2. The first-order chi connectivity index (χ1) is 10.7. The second kappa shape index (κ2) is 6.47. The van der Waals surface area contributed by atoms with E-state index in [2.05, 4.69) is 21.3 Å². The standard InChI is InChI=1S/C17H20N4O/c18-13-8-9-15(19-12-13)17(22)20-14-6-2-3-7-16(14)21-10-4-1-5-11-21/h2-3,6-9,12H,1,4-5,10-11,18H2,(H,20,22). The van der Waals surface area contributed by atoms with Gasteiger partial charge in [-0.3, -0.25) is 4.79 Å². The fraction of sp³-hybridized carbons (Fsp3) is 0.294. The molecule has 1 saturated heterocycles. The Bertz CT molecular complexity index is 648. The van der Waals surface area contributed by atoms with Crippen LogP contribution in [-0.2, 0) is 0 Å². The number of nitrogen functional groups attached to an aromatic ring is 1. The van der Waals surface area contributed by atoms with Crippen LogP contribution in [0, 0.1) is 0 Å². The number of pyridine rings is 1. The van der Waals surface area contributed by atoms with E-state index in [0.717, 1.165) is 24.5 Å². The van der Waals surface area contributed by atoms with Gasteiger partial charge in [0.15, 0.2) is 0 Å². The Morgan fingerprint density at radius 2 is 1.86 bits per heavy atom. The van der Waals surface area contributed by atoms with Crippen molar-refractivity contribution in [3.63, 3.8) is 0 Å². The van der Waals surface area contributed by atoms with Gasteiger partial charge in [0.05, 0.1) is 23.3 Å². The van der Waals surface area contributed by atoms with Crippen LogP contribution < -0.4 is 16.0 Å². The molecule has 2 heterocycles. The van der Waals surface area contributed by atoms with Crippen molar-refractivity contribution in [2.45, 2.75) is 19.3 Å². The molecule has 0 saturated carbocycles. The van der Waals surface area contributed by atoms with Crippen LogP contribution in [-0.4, -0.2) is 24.0 Å². The predicted octanol–water partition coefficient (Wildman–Crippen LogP) is 2.91. The Balaban J connectivity index is 1.79. The number of nitrogens with zero attached hydrogens (tertiary/aromatic N) is 2. The number of hydrogen-bond acceptors (Lipinski definition) is 4. The van der Waals surface area contributed by atoms with E-state index in [1.165, 1.54) is 25.5 Å². The highest BCUT2D eigenvalue weighted by atomic mass is 16.1. The van der Waals surface area contributed by atoms with Gasteiger partial charge in [0, 0.05) is 13.1 Å². The van der Waals surface area contributed by atoms with Crippen LogP contribution >= 0.6 is 0 Å². The quantitative estimate of drug-likeness (QED) is 0.913. The molecule has 0 bridgehead atoms. The fourth-order valence-corrected chi connectivity index (χ4v) is 2.72. The molecule has 1 aromatic heterocycles. The van der Waals surface area contributed by atoms with Crippen molar-refractivity contribution in [1.29, 1.82) is 0 Å². The Hall–Kier alpha value is -2.56. The van der Waals surface area contributed by atoms with Gasteiger partial charge in [0.1, 0.15) is 5.69 Å². The monoisotopic (exact) mass is 296 g/mol. The number of carbonyl (C=O) groups excluding carboxylic acids is 1. The molecule has 5 heteroatoms. The maximum absolute atomic E-state index is 12.3. The van der Waals surface area contributed by atoms with Crippen molar-refractivity contribution >= 4 is 23.0 Å². The van der Waals surface area contributed by atoms with Crippen LogP contribution in [0.25, 0.3) is 0 Å². The number of rotatable bonds is 3. The zero-order chi connectivity index (χ0) is 15.4. The summed E-state index contributed by atoms with van der Waals surface area (Å²) in [6.07, 6.45) is 5.16. The molecular formula is C17H20N4O. The molecule has 1 aromatic carbocycles. The summed E-state index contributed by atoms with van der Waals surface area (Å²) in [5, 5.41) is 2.96. The maximum Gasteiger partial charge on any atom is 0.274 e. The molecule has 114 valence electrons. The second-order valence-electron chi connectivity index (χ2n) is 5.50. The van der Waals surface area contributed by atoms with E-state index in [4.69, 9.17) is 5.73 Å². The fourth-order valence-electron chi connectivity index (χ4n) is 2.72. The zero-order valence-corrected chi connectivity index (χ0v) is 12.5. The van der Waals surface area contributed by atoms with E-state index in [1.54, 1.807) is 12.1 Å². The summed E-state index contributed by atoms with van der Waals surface area (Å²) in [5.74, 6) is -0.218. The van der Waals surface area contributed by atoms with Gasteiger partial charge in [-0.1, -0.05) is 12.1 Å². The highest BCUT2D eigenvalue weighted by molar-refractivity contribution is 6.04. The topological polar surface area (TPSA) is 71.2 Å². The molecule has 3 rings (SSSR count). The molecule has 0 radical (unpaired) electrons. The Kier molecular flexibility index (Phi) is 4.23. The molecule has 1 fully saturated rings. The smallest absolute Gasteiger partial charge is 0.274 e. The average molecular weight is 296 g/mol. The molecule has 0 unspecified atom stereocenters. The van der Waals surface area contributed by atoms with Crippen LogP contribution in [0.5, 0.6) is 0 Å². The minimum atomic E-state index is -0.218. The molecule has 5 nitrogen and oxygen atoms in total. The van der Waals surface area contributed by atoms with E-state index in [9.17, 15) is 4.79 Å². The normalized spacial score (nSPS) is 14.6. The van der Waals surface area contributed by atoms with Gasteiger partial charge in [-0.25, -0.2) is 4.98 Å². The van der Waals surface area contributed by atoms with Crippen molar-refractivity contribution in [3.05, 3.63) is 48.3 Å². The number of anilines is 3. The third-order valence-electron chi connectivity index (χ3n) is 3.87. The van der Waals surface area contributed by atoms with E-state index in [0.29, 0.717) is 11.4 Å². The number of amides is 1. The molecule has 0 spiro atoms. The molecule has 0 aliphatic carbocycles. The van der Waals surface area contributed by atoms with Crippen molar-refractivity contribution in [3.8, 4) is 0 Å². The first kappa shape index (κ1) is 14.4. The Labute approximate surface area is 130 Å². The summed E-state index contributed by atoms with van der Waals surface area (Å²) in [5.41, 5.74) is 8.41. The van der Waals surface area contributed by atoms with Gasteiger partial charge >= 0.3 is 0 Å². The van der Waals surface area contributed by atoms with E-state index < -0.39 is 0 Å². The van der Waals surface area contributed by atoms with Crippen LogP contribution in [0.15, 0.2) is 42.6 Å². The molecule has 1 aliphatic heterocycles. The van der Waals surface area contributed by atoms with Gasteiger partial charge in [0.2, 0.25) is 0 Å². The lowest BCUT2D eigenvalue weighted by Crippen LogP contribution is -2.30. The van der Waals surface area contributed by atoms with Crippen molar-refractivity contribution in [1.82, 2.24) is 4.98 Å². The van der Waals surface area contributed by atoms with Crippen LogP contribution in [0.2, 0.25) is 0 Å². The van der Waals surface area contributed by atoms with Crippen LogP contribution in [0.3, 0.4) is 0 Å². The van der Waals surface area contributed by atoms with E-state index in [-0.39, 0.29) is 5.91 Å². The molecule has 22 heavy (non-hydrogen) atoms. The number of carbonyl (C=O) groups is 1. The predicted molar refractivity (Wildman–Crippen MR) is 89.1 cm³/mol. The largest absolute Gasteiger partial charge is 0.397 e. The van der Waals surface area contributed by atoms with Crippen molar-refractivity contribution in [2.24, 2.45) is 0 Å². The molecule has 0 atom stereocenters. The summed E-state index contributed by atoms with van der Waals surface area (Å²) in [4.78, 5) is 18.7. The number of aromatic nitrogens is 1. The third kappa shape index (κ3) is 3.19. The second-order valence-corrected chi connectivity index (χ2v) is 5.50. The number of piperidine rings is 1. The third-order valence-corrected chi connectivity index (χ3v) is 3.87. The number of nitrogens with one attached hydrogen (secondary N) is 1. The molecule has 1 amide bonds. The lowest BCUT2D eigenvalue weighted by Gasteiger charge is -2.30. The highest BCUT2D eigenvalue weighted by Gasteiger charge is 2.16. The maximum atomic E-state index is 12.3. The summed E-state index contributed by atoms with van der Waals surface area (Å²) in [6.45, 7) is 2.07. The van der Waals surface area contributed by atoms with Crippen molar-refractivity contribution in [2.75, 3.05) is 29.0 Å². The van der Waals surface area contributed by atoms with Gasteiger partial charge in [-0.2, -0.15) is 0 Å². The first-order valence-corrected chi connectivity index (χ1v) is 7.61. The summed E-state index contributed by atoms with van der Waals surface area (Å²) in [7, 11) is 0. The molecular weight excluding hydrogens is 276 g/mol. The lowest BCUT2D eigenvalue weighted by molar-refractivity contribution is 0.102. The van der Waals surface area contributed by atoms with Crippen molar-refractivity contribution < 1.29 is 4.79 Å². The average Bonchev–Trinajstić information content (AvgIpc) is 2.57. The van der Waals surface area contributed by atoms with Gasteiger partial charge in [-0.05, 0) is 43.5 Å². The summed E-state index contributed by atoms with van der Waals surface area (Å²) < 4.78 is 0. The first-order valence-electron chi connectivity index (χ1n) is 7.61. The minimum absolute atomic E-state index is 0.218. The SMILES string of the molecule is Nc1ccc(C(=O)Nc2ccccc2N2CCCCC2)nc1. The zero-order valence-electron chi connectivity index (χ0n) is 12.5. The number of hydrogen-bond donors (Lipinski definition) is 2. The van der Waals surface area contributed by atoms with Gasteiger partial charge in [-0.15, -0.1) is 0 Å². The van der Waals surface area contributed by atoms with Gasteiger partial charge < -0.3 is 16.0 Å².